The van der Waals surface area contributed by atoms with Crippen LogP contribution < -0.4 is 0 Å². The Labute approximate surface area is 181 Å². The number of ether oxygens (including phenoxy) is 1. The van der Waals surface area contributed by atoms with Gasteiger partial charge in [0.25, 0.3) is 0 Å². The molecule has 0 N–H and O–H groups in total. The zero-order chi connectivity index (χ0) is 22.6. The summed E-state index contributed by atoms with van der Waals surface area (Å²) in [5, 5.41) is 4.00. The Bertz CT molecular complexity index is 661. The molecule has 0 fully saturated rings. The fourth-order valence-electron chi connectivity index (χ4n) is 2.97. The summed E-state index contributed by atoms with van der Waals surface area (Å²) in [6, 6.07) is 0. The number of rotatable bonds is 15. The van der Waals surface area contributed by atoms with Crippen LogP contribution >= 0.6 is 7.60 Å². The molecule has 1 aromatic rings. The van der Waals surface area contributed by atoms with Crippen LogP contribution in [0.2, 0.25) is 0 Å². The van der Waals surface area contributed by atoms with Crippen molar-refractivity contribution in [3.63, 3.8) is 0 Å². The first-order valence-electron chi connectivity index (χ1n) is 11.1. The Morgan fingerprint density at radius 1 is 1.03 bits per heavy atom. The molecular formula is C21H39N2O6P. The fourth-order valence-corrected chi connectivity index (χ4v) is 4.82. The first kappa shape index (κ1) is 26.8. The topological polar surface area (TPSA) is 101 Å². The van der Waals surface area contributed by atoms with Crippen LogP contribution in [-0.2, 0) is 36.0 Å². The van der Waals surface area contributed by atoms with E-state index in [0.29, 0.717) is 12.2 Å². The van der Waals surface area contributed by atoms with Crippen molar-refractivity contribution in [3.05, 3.63) is 11.7 Å². The molecule has 0 radical (unpaired) electrons. The molecule has 1 aromatic heterocycles. The van der Waals surface area contributed by atoms with Crippen molar-refractivity contribution in [2.45, 2.75) is 104 Å². The third-order valence-electron chi connectivity index (χ3n) is 4.31. The van der Waals surface area contributed by atoms with E-state index in [0.717, 1.165) is 12.8 Å². The number of carbonyl (C=O) groups is 1. The van der Waals surface area contributed by atoms with Gasteiger partial charge in [-0.1, -0.05) is 44.2 Å². The normalized spacial score (nSPS) is 13.4. The third-order valence-corrected chi connectivity index (χ3v) is 6.70. The lowest BCUT2D eigenvalue weighted by Gasteiger charge is -2.27. The molecule has 0 aliphatic carbocycles. The Balaban J connectivity index is 2.85. The molecule has 174 valence electrons. The number of aryl methyl sites for hydroxylation is 1. The van der Waals surface area contributed by atoms with Crippen LogP contribution in [0.25, 0.3) is 0 Å². The van der Waals surface area contributed by atoms with Crippen LogP contribution in [0.1, 0.15) is 91.8 Å². The standard InChI is InChI=1S/C21H39N2O6P/c1-7-10-11-12-13-14-15-18-22-19(29-23-18)16-17(20(24)28-21(4,5)6)30(25,26-8-2)27-9-3/h17H,7-16H2,1-6H3. The highest BCUT2D eigenvalue weighted by atomic mass is 31.2. The average Bonchev–Trinajstić information content (AvgIpc) is 3.09. The van der Waals surface area contributed by atoms with E-state index in [2.05, 4.69) is 17.1 Å². The summed E-state index contributed by atoms with van der Waals surface area (Å²) in [6.07, 6.45) is 7.68. The van der Waals surface area contributed by atoms with Gasteiger partial charge >= 0.3 is 13.6 Å². The van der Waals surface area contributed by atoms with Crippen molar-refractivity contribution in [1.29, 1.82) is 0 Å². The minimum Gasteiger partial charge on any atom is -0.459 e. The monoisotopic (exact) mass is 446 g/mol. The largest absolute Gasteiger partial charge is 0.459 e. The molecule has 9 heteroatoms. The lowest BCUT2D eigenvalue weighted by molar-refractivity contribution is -0.154. The van der Waals surface area contributed by atoms with Crippen LogP contribution in [0.5, 0.6) is 0 Å². The summed E-state index contributed by atoms with van der Waals surface area (Å²) in [5.41, 5.74) is -1.91. The summed E-state index contributed by atoms with van der Waals surface area (Å²) in [7, 11) is -3.77. The van der Waals surface area contributed by atoms with Gasteiger partial charge in [-0.3, -0.25) is 9.36 Å². The Kier molecular flexibility index (Phi) is 11.8. The van der Waals surface area contributed by atoms with Gasteiger partial charge in [0.1, 0.15) is 5.60 Å². The lowest BCUT2D eigenvalue weighted by atomic mass is 10.1. The molecule has 1 heterocycles. The van der Waals surface area contributed by atoms with Gasteiger partial charge in [0.05, 0.1) is 19.6 Å². The second-order valence-electron chi connectivity index (χ2n) is 8.25. The van der Waals surface area contributed by atoms with Crippen molar-refractivity contribution >= 4 is 13.6 Å². The average molecular weight is 447 g/mol. The van der Waals surface area contributed by atoms with E-state index in [1.165, 1.54) is 25.7 Å². The zero-order valence-corrected chi connectivity index (χ0v) is 20.3. The molecule has 0 bridgehead atoms. The number of nitrogens with zero attached hydrogens (tertiary/aromatic N) is 2. The fraction of sp³-hybridized carbons (Fsp3) is 0.857. The van der Waals surface area contributed by atoms with Gasteiger partial charge in [-0.15, -0.1) is 0 Å². The van der Waals surface area contributed by atoms with Gasteiger partial charge < -0.3 is 18.3 Å². The Morgan fingerprint density at radius 2 is 1.63 bits per heavy atom. The summed E-state index contributed by atoms with van der Waals surface area (Å²) in [5.74, 6) is 0.154. The van der Waals surface area contributed by atoms with Crippen molar-refractivity contribution < 1.29 is 27.7 Å². The second-order valence-corrected chi connectivity index (χ2v) is 10.5. The van der Waals surface area contributed by atoms with Gasteiger partial charge in [0.2, 0.25) is 5.89 Å². The number of unbranched alkanes of at least 4 members (excludes halogenated alkanes) is 5. The molecule has 30 heavy (non-hydrogen) atoms. The highest BCUT2D eigenvalue weighted by Crippen LogP contribution is 2.54. The van der Waals surface area contributed by atoms with Gasteiger partial charge in [-0.25, -0.2) is 0 Å². The van der Waals surface area contributed by atoms with E-state index < -0.39 is 24.8 Å². The molecule has 0 saturated heterocycles. The maximum absolute atomic E-state index is 13.3. The smallest absolute Gasteiger partial charge is 0.345 e. The van der Waals surface area contributed by atoms with Crippen LogP contribution in [0.3, 0.4) is 0 Å². The van der Waals surface area contributed by atoms with Gasteiger partial charge in [0.15, 0.2) is 11.5 Å². The maximum Gasteiger partial charge on any atom is 0.345 e. The summed E-state index contributed by atoms with van der Waals surface area (Å²) < 4.78 is 34.9. The van der Waals surface area contributed by atoms with Crippen LogP contribution in [0.15, 0.2) is 4.52 Å². The lowest BCUT2D eigenvalue weighted by Crippen LogP contribution is -2.34. The summed E-state index contributed by atoms with van der Waals surface area (Å²) >= 11 is 0. The van der Waals surface area contributed by atoms with E-state index in [-0.39, 0.29) is 25.5 Å². The molecule has 0 aliphatic rings. The number of aromatic nitrogens is 2. The predicted octanol–water partition coefficient (Wildman–Crippen LogP) is 5.49. The van der Waals surface area contributed by atoms with Gasteiger partial charge in [0, 0.05) is 6.42 Å². The quantitative estimate of drug-likeness (QED) is 0.198. The number of carbonyl (C=O) groups excluding carboxylic acids is 1. The molecule has 0 spiro atoms. The third kappa shape index (κ3) is 9.71. The number of hydrogen-bond acceptors (Lipinski definition) is 8. The second kappa shape index (κ2) is 13.2. The minimum atomic E-state index is -3.77. The summed E-state index contributed by atoms with van der Waals surface area (Å²) in [4.78, 5) is 17.2. The van der Waals surface area contributed by atoms with Crippen molar-refractivity contribution in [3.8, 4) is 0 Å². The highest BCUT2D eigenvalue weighted by Gasteiger charge is 2.44. The van der Waals surface area contributed by atoms with E-state index in [1.54, 1.807) is 34.6 Å². The molecule has 8 nitrogen and oxygen atoms in total. The van der Waals surface area contributed by atoms with E-state index >= 15 is 0 Å². The number of esters is 1. The molecular weight excluding hydrogens is 407 g/mol. The maximum atomic E-state index is 13.3. The molecule has 0 aromatic carbocycles. The highest BCUT2D eigenvalue weighted by molar-refractivity contribution is 7.55. The molecule has 1 atom stereocenters. The molecule has 1 unspecified atom stereocenters. The zero-order valence-electron chi connectivity index (χ0n) is 19.4. The summed E-state index contributed by atoms with van der Waals surface area (Å²) in [6.45, 7) is 11.1. The van der Waals surface area contributed by atoms with E-state index in [4.69, 9.17) is 18.3 Å². The van der Waals surface area contributed by atoms with Crippen LogP contribution in [0, 0.1) is 0 Å². The van der Waals surface area contributed by atoms with Gasteiger partial charge in [-0.2, -0.15) is 4.98 Å². The molecule has 0 aliphatic heterocycles. The Hall–Kier alpha value is -1.24. The minimum absolute atomic E-state index is 0.0598. The molecule has 1 rings (SSSR count). The molecule has 0 amide bonds. The van der Waals surface area contributed by atoms with Crippen LogP contribution in [0.4, 0.5) is 0 Å². The Morgan fingerprint density at radius 3 is 2.20 bits per heavy atom. The van der Waals surface area contributed by atoms with Crippen molar-refractivity contribution in [2.24, 2.45) is 0 Å². The number of hydrogen-bond donors (Lipinski definition) is 0. The first-order chi connectivity index (χ1) is 14.1. The van der Waals surface area contributed by atoms with Crippen LogP contribution in [-0.4, -0.2) is 40.6 Å². The van der Waals surface area contributed by atoms with Crippen molar-refractivity contribution in [1.82, 2.24) is 10.1 Å². The van der Waals surface area contributed by atoms with E-state index in [1.807, 2.05) is 0 Å². The van der Waals surface area contributed by atoms with Gasteiger partial charge in [-0.05, 0) is 41.0 Å². The SMILES string of the molecule is CCCCCCCCc1noc(CC(C(=O)OC(C)(C)C)P(=O)(OCC)OCC)n1. The first-order valence-corrected chi connectivity index (χ1v) is 12.7. The predicted molar refractivity (Wildman–Crippen MR) is 116 cm³/mol. The van der Waals surface area contributed by atoms with E-state index in [9.17, 15) is 9.36 Å². The van der Waals surface area contributed by atoms with Crippen molar-refractivity contribution in [2.75, 3.05) is 13.2 Å². The molecule has 0 saturated carbocycles.